The minimum atomic E-state index is -1.62. The highest BCUT2D eigenvalue weighted by Crippen LogP contribution is 2.17. The van der Waals surface area contributed by atoms with Crippen LogP contribution in [-0.4, -0.2) is 73.3 Å². The Balaban J connectivity index is 3.07. The molecule has 0 radical (unpaired) electrons. The number of Topliss-reactive ketones (excluding diaryl/α,β-unsaturated/α-hetero) is 1. The molecule has 0 aliphatic heterocycles. The van der Waals surface area contributed by atoms with Gasteiger partial charge in [-0.1, -0.05) is 0 Å². The van der Waals surface area contributed by atoms with Gasteiger partial charge in [-0.3, -0.25) is 14.4 Å². The van der Waals surface area contributed by atoms with Crippen LogP contribution in [0.2, 0.25) is 0 Å². The summed E-state index contributed by atoms with van der Waals surface area (Å²) < 4.78 is 0. The maximum Gasteiger partial charge on any atom is 0.328 e. The summed E-state index contributed by atoms with van der Waals surface area (Å²) in [5.41, 5.74) is 10.0. The molecule has 9 N–H and O–H groups in total. The van der Waals surface area contributed by atoms with Gasteiger partial charge in [0.25, 0.3) is 5.91 Å². The highest BCUT2D eigenvalue weighted by atomic mass is 16.4. The summed E-state index contributed by atoms with van der Waals surface area (Å²) in [4.78, 5) is 52.9. The van der Waals surface area contributed by atoms with Crippen LogP contribution < -0.4 is 16.8 Å². The molecule has 0 saturated carbocycles. The molecule has 1 aromatic rings. The minimum Gasteiger partial charge on any atom is -0.481 e. The molecule has 1 heterocycles. The summed E-state index contributed by atoms with van der Waals surface area (Å²) in [5, 5.41) is 37.4. The number of nitrogens with two attached hydrogens (primary N) is 2. The maximum atomic E-state index is 12.1. The second-order valence-electron chi connectivity index (χ2n) is 5.08. The number of amides is 1. The Morgan fingerprint density at radius 2 is 1.46 bits per heavy atom. The van der Waals surface area contributed by atoms with E-state index in [0.717, 1.165) is 0 Å². The van der Waals surface area contributed by atoms with Crippen molar-refractivity contribution in [3.05, 3.63) is 11.4 Å². The Hall–Kier alpha value is -3.32. The van der Waals surface area contributed by atoms with E-state index in [-0.39, 0.29) is 0 Å². The molecule has 0 bridgehead atoms. The molecule has 2 atom stereocenters. The van der Waals surface area contributed by atoms with Crippen molar-refractivity contribution in [1.29, 1.82) is 0 Å². The zero-order chi connectivity index (χ0) is 20.0. The standard InChI is InChI=1S/C13H17N5O8/c14-9-7(6(21)1-4(2-19)12(23)24)17-10(15)8(18-9)11(22)16-5(3-20)13(25)26/h4-5,19-20H,1-3H2,(H2,14,18)(H2,15,17)(H,16,22)(H,23,24)(H,25,26). The van der Waals surface area contributed by atoms with Crippen molar-refractivity contribution in [2.75, 3.05) is 24.7 Å². The summed E-state index contributed by atoms with van der Waals surface area (Å²) >= 11 is 0. The molecule has 1 aromatic heterocycles. The van der Waals surface area contributed by atoms with E-state index in [0.29, 0.717) is 0 Å². The van der Waals surface area contributed by atoms with Gasteiger partial charge in [0.1, 0.15) is 0 Å². The zero-order valence-electron chi connectivity index (χ0n) is 13.2. The van der Waals surface area contributed by atoms with E-state index >= 15 is 0 Å². The van der Waals surface area contributed by atoms with Gasteiger partial charge in [0.15, 0.2) is 34.8 Å². The highest BCUT2D eigenvalue weighted by Gasteiger charge is 2.27. The topological polar surface area (TPSA) is 239 Å². The fourth-order valence-corrected chi connectivity index (χ4v) is 1.80. The predicted octanol–water partition coefficient (Wildman–Crippen LogP) is -2.92. The Bertz CT molecular complexity index is 676. The number of aromatic nitrogens is 2. The van der Waals surface area contributed by atoms with Crippen LogP contribution in [0.15, 0.2) is 0 Å². The summed E-state index contributed by atoms with van der Waals surface area (Å²) in [7, 11) is 0. The Morgan fingerprint density at radius 3 is 1.92 bits per heavy atom. The van der Waals surface area contributed by atoms with Gasteiger partial charge in [0.2, 0.25) is 0 Å². The summed E-state index contributed by atoms with van der Waals surface area (Å²) in [5.74, 6) is -7.34. The number of nitrogen functional groups attached to an aromatic ring is 2. The van der Waals surface area contributed by atoms with E-state index in [1.165, 1.54) is 0 Å². The number of ketones is 1. The van der Waals surface area contributed by atoms with Gasteiger partial charge in [-0.2, -0.15) is 0 Å². The third-order valence-corrected chi connectivity index (χ3v) is 3.22. The number of aliphatic carboxylic acids is 2. The molecule has 0 spiro atoms. The number of hydrogen-bond acceptors (Lipinski definition) is 10. The lowest BCUT2D eigenvalue weighted by atomic mass is 10.0. The van der Waals surface area contributed by atoms with E-state index < -0.39 is 78.2 Å². The van der Waals surface area contributed by atoms with E-state index in [9.17, 15) is 19.2 Å². The molecular formula is C13H17N5O8. The summed E-state index contributed by atoms with van der Waals surface area (Å²) in [6.45, 7) is -1.68. The van der Waals surface area contributed by atoms with Gasteiger partial charge < -0.3 is 37.2 Å². The summed E-state index contributed by atoms with van der Waals surface area (Å²) in [6, 6.07) is -1.62. The van der Waals surface area contributed by atoms with Crippen molar-refractivity contribution in [3.63, 3.8) is 0 Å². The van der Waals surface area contributed by atoms with Gasteiger partial charge in [-0.15, -0.1) is 0 Å². The smallest absolute Gasteiger partial charge is 0.328 e. The normalized spacial score (nSPS) is 12.8. The molecule has 1 amide bonds. The lowest BCUT2D eigenvalue weighted by molar-refractivity contribution is -0.143. The molecule has 26 heavy (non-hydrogen) atoms. The number of nitrogens with zero attached hydrogens (tertiary/aromatic N) is 2. The number of rotatable bonds is 9. The fourth-order valence-electron chi connectivity index (χ4n) is 1.80. The van der Waals surface area contributed by atoms with Gasteiger partial charge in [-0.25, -0.2) is 14.8 Å². The van der Waals surface area contributed by atoms with Crippen molar-refractivity contribution in [3.8, 4) is 0 Å². The molecule has 142 valence electrons. The number of nitrogens with one attached hydrogen (secondary N) is 1. The average molecular weight is 371 g/mol. The number of carboxylic acids is 2. The molecule has 0 aliphatic carbocycles. The monoisotopic (exact) mass is 371 g/mol. The van der Waals surface area contributed by atoms with Gasteiger partial charge in [0.05, 0.1) is 19.1 Å². The number of carbonyl (C=O) groups is 4. The maximum absolute atomic E-state index is 12.1. The number of carboxylic acid groups (broad SMARTS) is 2. The second-order valence-corrected chi connectivity index (χ2v) is 5.08. The number of aliphatic hydroxyl groups excluding tert-OH is 2. The zero-order valence-corrected chi connectivity index (χ0v) is 13.2. The molecule has 1 rings (SSSR count). The second kappa shape index (κ2) is 8.68. The highest BCUT2D eigenvalue weighted by molar-refractivity contribution is 6.03. The number of aliphatic hydroxyl groups is 2. The molecule has 0 fully saturated rings. The van der Waals surface area contributed by atoms with E-state index in [1.807, 2.05) is 5.32 Å². The third kappa shape index (κ3) is 4.84. The average Bonchev–Trinajstić information content (AvgIpc) is 2.57. The first-order valence-electron chi connectivity index (χ1n) is 7.06. The SMILES string of the molecule is Nc1nc(C(=O)NC(CO)C(=O)O)c(N)nc1C(=O)CC(CO)C(=O)O. The van der Waals surface area contributed by atoms with Crippen molar-refractivity contribution in [2.45, 2.75) is 12.5 Å². The largest absolute Gasteiger partial charge is 0.481 e. The third-order valence-electron chi connectivity index (χ3n) is 3.22. The quantitative estimate of drug-likeness (QED) is 0.216. The molecule has 13 nitrogen and oxygen atoms in total. The molecule has 0 aliphatic rings. The van der Waals surface area contributed by atoms with Crippen molar-refractivity contribution < 1.29 is 39.6 Å². The minimum absolute atomic E-state index is 0.490. The lowest BCUT2D eigenvalue weighted by Gasteiger charge is -2.13. The molecule has 0 aromatic carbocycles. The Kier molecular flexibility index (Phi) is 6.92. The van der Waals surface area contributed by atoms with Crippen LogP contribution >= 0.6 is 0 Å². The summed E-state index contributed by atoms with van der Waals surface area (Å²) in [6.07, 6.45) is -0.624. The lowest BCUT2D eigenvalue weighted by Crippen LogP contribution is -2.44. The fraction of sp³-hybridized carbons (Fsp3) is 0.385. The van der Waals surface area contributed by atoms with E-state index in [1.54, 1.807) is 0 Å². The van der Waals surface area contributed by atoms with Crippen LogP contribution in [0, 0.1) is 5.92 Å². The molecule has 13 heteroatoms. The Morgan fingerprint density at radius 1 is 0.923 bits per heavy atom. The number of carbonyl (C=O) groups excluding carboxylic acids is 2. The first-order valence-corrected chi connectivity index (χ1v) is 7.06. The van der Waals surface area contributed by atoms with E-state index in [2.05, 4.69) is 9.97 Å². The number of hydrogen-bond donors (Lipinski definition) is 7. The van der Waals surface area contributed by atoms with Crippen LogP contribution in [0.25, 0.3) is 0 Å². The van der Waals surface area contributed by atoms with Crippen molar-refractivity contribution in [1.82, 2.24) is 15.3 Å². The van der Waals surface area contributed by atoms with Crippen molar-refractivity contribution >= 4 is 35.3 Å². The van der Waals surface area contributed by atoms with Crippen LogP contribution in [0.3, 0.4) is 0 Å². The van der Waals surface area contributed by atoms with Gasteiger partial charge >= 0.3 is 11.9 Å². The predicted molar refractivity (Wildman–Crippen MR) is 84.0 cm³/mol. The molecule has 0 saturated heterocycles. The first kappa shape index (κ1) is 20.7. The molecular weight excluding hydrogens is 354 g/mol. The van der Waals surface area contributed by atoms with Gasteiger partial charge in [-0.05, 0) is 0 Å². The van der Waals surface area contributed by atoms with Crippen molar-refractivity contribution in [2.24, 2.45) is 5.92 Å². The van der Waals surface area contributed by atoms with Crippen LogP contribution in [-0.2, 0) is 9.59 Å². The first-order chi connectivity index (χ1) is 12.1. The Labute approximate surface area is 145 Å². The van der Waals surface area contributed by atoms with Crippen LogP contribution in [0.1, 0.15) is 27.4 Å². The van der Waals surface area contributed by atoms with Crippen LogP contribution in [0.5, 0.6) is 0 Å². The van der Waals surface area contributed by atoms with Crippen LogP contribution in [0.4, 0.5) is 11.6 Å². The van der Waals surface area contributed by atoms with Gasteiger partial charge in [0, 0.05) is 6.42 Å². The number of anilines is 2. The van der Waals surface area contributed by atoms with E-state index in [4.69, 9.17) is 31.9 Å². The molecule has 2 unspecified atom stereocenters.